The molecule has 12 nitrogen and oxygen atoms in total. The van der Waals surface area contributed by atoms with Gasteiger partial charge in [-0.3, -0.25) is 19.3 Å². The lowest BCUT2D eigenvalue weighted by molar-refractivity contribution is -0.204. The third-order valence-corrected chi connectivity index (χ3v) is 8.45. The molecule has 12 heteroatoms. The topological polar surface area (TPSA) is 197 Å². The number of primary amides is 1. The standard InChI is InChI=1S/C29H40N4O8/c1-27(2,3)12-31-11-14-9-16(32(4)5)15-8-13-10-17-28(40,23(36)18(13)22(35)19(15)21(14)34)24(37)20(26(30)39)25(38)29(17,41)33(6)7/h9,13,17,31,34-35,38,40-41H,8,10-12H2,1-7H3,(H2,30,39)/t13-,17+,28-,29+/m0/s1. The molecular weight excluding hydrogens is 532 g/mol. The summed E-state index contributed by atoms with van der Waals surface area (Å²) in [6, 6.07) is 1.80. The number of benzene rings is 1. The van der Waals surface area contributed by atoms with Gasteiger partial charge in [-0.25, -0.2) is 0 Å². The molecule has 0 heterocycles. The third kappa shape index (κ3) is 4.40. The Hall–Kier alpha value is -3.45. The van der Waals surface area contributed by atoms with Crippen molar-refractivity contribution in [1.82, 2.24) is 10.2 Å². The van der Waals surface area contributed by atoms with Crippen LogP contribution in [-0.4, -0.2) is 94.0 Å². The Bertz CT molecular complexity index is 1410. The predicted molar refractivity (Wildman–Crippen MR) is 151 cm³/mol. The molecule has 0 saturated heterocycles. The van der Waals surface area contributed by atoms with Gasteiger partial charge in [-0.1, -0.05) is 20.8 Å². The molecule has 224 valence electrons. The van der Waals surface area contributed by atoms with Crippen molar-refractivity contribution in [2.45, 2.75) is 51.5 Å². The van der Waals surface area contributed by atoms with E-state index < -0.39 is 57.7 Å². The molecule has 3 aliphatic carbocycles. The molecule has 8 N–H and O–H groups in total. The lowest BCUT2D eigenvalue weighted by Gasteiger charge is -2.54. The number of hydrogen-bond acceptors (Lipinski definition) is 11. The van der Waals surface area contributed by atoms with Gasteiger partial charge in [0.25, 0.3) is 5.91 Å². The van der Waals surface area contributed by atoms with E-state index in [9.17, 15) is 39.9 Å². The van der Waals surface area contributed by atoms with Crippen molar-refractivity contribution in [3.63, 3.8) is 0 Å². The molecule has 0 aromatic heterocycles. The van der Waals surface area contributed by atoms with Crippen LogP contribution in [-0.2, 0) is 27.3 Å². The van der Waals surface area contributed by atoms with Gasteiger partial charge in [0.2, 0.25) is 11.6 Å². The zero-order valence-corrected chi connectivity index (χ0v) is 24.5. The first kappa shape index (κ1) is 30.5. The first-order valence-corrected chi connectivity index (χ1v) is 13.4. The number of Topliss-reactive ketones (excluding diaryl/α,β-unsaturated/α-hetero) is 2. The normalized spacial score (nSPS) is 28.0. The molecule has 0 bridgehead atoms. The van der Waals surface area contributed by atoms with Gasteiger partial charge in [-0.2, -0.15) is 0 Å². The Morgan fingerprint density at radius 1 is 1.10 bits per heavy atom. The number of aliphatic hydroxyl groups is 4. The largest absolute Gasteiger partial charge is 0.507 e. The van der Waals surface area contributed by atoms with Crippen LogP contribution in [0, 0.1) is 17.3 Å². The number of nitrogens with two attached hydrogens (primary N) is 1. The van der Waals surface area contributed by atoms with Gasteiger partial charge in [-0.05, 0) is 49.9 Å². The summed E-state index contributed by atoms with van der Waals surface area (Å²) in [6.07, 6.45) is -0.102. The highest BCUT2D eigenvalue weighted by Gasteiger charge is 2.70. The van der Waals surface area contributed by atoms with Crippen molar-refractivity contribution in [1.29, 1.82) is 0 Å². The van der Waals surface area contributed by atoms with Crippen LogP contribution in [0.5, 0.6) is 5.75 Å². The van der Waals surface area contributed by atoms with E-state index in [0.29, 0.717) is 23.4 Å². The van der Waals surface area contributed by atoms with Gasteiger partial charge in [-0.15, -0.1) is 0 Å². The molecular formula is C29H40N4O8. The lowest BCUT2D eigenvalue weighted by Crippen LogP contribution is -2.72. The van der Waals surface area contributed by atoms with E-state index in [-0.39, 0.29) is 41.7 Å². The van der Waals surface area contributed by atoms with Crippen LogP contribution in [0.15, 0.2) is 23.0 Å². The minimum absolute atomic E-state index is 0.0186. The molecule has 4 atom stereocenters. The van der Waals surface area contributed by atoms with E-state index in [2.05, 4.69) is 26.1 Å². The van der Waals surface area contributed by atoms with Gasteiger partial charge >= 0.3 is 0 Å². The molecule has 0 aliphatic heterocycles. The average Bonchev–Trinajstić information content (AvgIpc) is 2.84. The third-order valence-electron chi connectivity index (χ3n) is 8.45. The van der Waals surface area contributed by atoms with Gasteiger partial charge < -0.3 is 41.5 Å². The monoisotopic (exact) mass is 572 g/mol. The van der Waals surface area contributed by atoms with E-state index >= 15 is 0 Å². The maximum atomic E-state index is 14.0. The second kappa shape index (κ2) is 9.83. The molecule has 0 radical (unpaired) electrons. The number of ketones is 2. The molecule has 41 heavy (non-hydrogen) atoms. The van der Waals surface area contributed by atoms with Crippen LogP contribution in [0.1, 0.15) is 43.9 Å². The summed E-state index contributed by atoms with van der Waals surface area (Å²) in [6.45, 7) is 7.09. The van der Waals surface area contributed by atoms with Crippen LogP contribution >= 0.6 is 0 Å². The van der Waals surface area contributed by atoms with E-state index in [1.54, 1.807) is 20.2 Å². The molecule has 3 aliphatic rings. The zero-order valence-electron chi connectivity index (χ0n) is 24.5. The lowest BCUT2D eigenvalue weighted by atomic mass is 9.56. The predicted octanol–water partition coefficient (Wildman–Crippen LogP) is 0.486. The fourth-order valence-corrected chi connectivity index (χ4v) is 6.43. The van der Waals surface area contributed by atoms with Gasteiger partial charge in [0.1, 0.15) is 17.1 Å². The summed E-state index contributed by atoms with van der Waals surface area (Å²) in [5, 5.41) is 60.5. The number of carbonyl (C=O) groups excluding carboxylic acids is 3. The number of aliphatic hydroxyl groups excluding tert-OH is 2. The number of nitrogens with one attached hydrogen (secondary N) is 1. The number of anilines is 1. The first-order valence-electron chi connectivity index (χ1n) is 13.4. The van der Waals surface area contributed by atoms with Crippen molar-refractivity contribution in [2.75, 3.05) is 39.6 Å². The van der Waals surface area contributed by atoms with Crippen LogP contribution in [0.25, 0.3) is 5.76 Å². The van der Waals surface area contributed by atoms with Crippen molar-refractivity contribution in [3.8, 4) is 5.75 Å². The Balaban J connectivity index is 1.93. The zero-order chi connectivity index (χ0) is 31.0. The van der Waals surface area contributed by atoms with Crippen molar-refractivity contribution >= 4 is 28.9 Å². The summed E-state index contributed by atoms with van der Waals surface area (Å²) < 4.78 is 0. The van der Waals surface area contributed by atoms with Crippen LogP contribution < -0.4 is 16.0 Å². The number of phenolic OH excluding ortho intramolecular Hbond substituents is 1. The summed E-state index contributed by atoms with van der Waals surface area (Å²) in [5.74, 6) is -8.39. The van der Waals surface area contributed by atoms with E-state index in [0.717, 1.165) is 4.90 Å². The second-order valence-electron chi connectivity index (χ2n) is 12.9. The smallest absolute Gasteiger partial charge is 0.256 e. The minimum atomic E-state index is -3.02. The molecule has 1 aromatic rings. The molecule has 1 saturated carbocycles. The maximum absolute atomic E-state index is 14.0. The average molecular weight is 573 g/mol. The Labute approximate surface area is 238 Å². The summed E-state index contributed by atoms with van der Waals surface area (Å²) in [5.41, 5.74) is 0.126. The quantitative estimate of drug-likeness (QED) is 0.142. The number of nitrogens with zero attached hydrogens (tertiary/aromatic N) is 2. The summed E-state index contributed by atoms with van der Waals surface area (Å²) in [4.78, 5) is 42.6. The van der Waals surface area contributed by atoms with Crippen LogP contribution in [0.2, 0.25) is 0 Å². The molecule has 4 rings (SSSR count). The van der Waals surface area contributed by atoms with Gasteiger partial charge in [0.15, 0.2) is 17.1 Å². The number of hydrogen-bond donors (Lipinski definition) is 7. The number of likely N-dealkylation sites (N-methyl/N-ethyl adjacent to an activating group) is 1. The summed E-state index contributed by atoms with van der Waals surface area (Å²) in [7, 11) is 6.32. The fraction of sp³-hybridized carbons (Fsp3) is 0.552. The highest BCUT2D eigenvalue weighted by atomic mass is 16.4. The highest BCUT2D eigenvalue weighted by Crippen LogP contribution is 2.55. The number of amides is 1. The van der Waals surface area contributed by atoms with Gasteiger partial charge in [0.05, 0.1) is 11.5 Å². The minimum Gasteiger partial charge on any atom is -0.507 e. The van der Waals surface area contributed by atoms with Gasteiger partial charge in [0, 0.05) is 44.0 Å². The molecule has 1 amide bonds. The Morgan fingerprint density at radius 2 is 1.71 bits per heavy atom. The summed E-state index contributed by atoms with van der Waals surface area (Å²) >= 11 is 0. The molecule has 0 unspecified atom stereocenters. The van der Waals surface area contributed by atoms with E-state index in [1.165, 1.54) is 14.1 Å². The van der Waals surface area contributed by atoms with E-state index in [4.69, 9.17) is 5.73 Å². The van der Waals surface area contributed by atoms with E-state index in [1.807, 2.05) is 4.90 Å². The molecule has 1 fully saturated rings. The van der Waals surface area contributed by atoms with Crippen molar-refractivity contribution in [3.05, 3.63) is 39.7 Å². The highest BCUT2D eigenvalue weighted by molar-refractivity contribution is 6.33. The van der Waals surface area contributed by atoms with Crippen LogP contribution in [0.4, 0.5) is 5.69 Å². The molecule has 0 spiro atoms. The first-order chi connectivity index (χ1) is 18.8. The van der Waals surface area contributed by atoms with Crippen molar-refractivity contribution < 1.29 is 39.9 Å². The van der Waals surface area contributed by atoms with Crippen molar-refractivity contribution in [2.24, 2.45) is 23.0 Å². The Morgan fingerprint density at radius 3 is 2.22 bits per heavy atom. The Kier molecular flexibility index (Phi) is 7.31. The second-order valence-corrected chi connectivity index (χ2v) is 12.9. The van der Waals surface area contributed by atoms with Crippen LogP contribution in [0.3, 0.4) is 0 Å². The number of carbonyl (C=O) groups is 3. The maximum Gasteiger partial charge on any atom is 0.256 e. The fourth-order valence-electron chi connectivity index (χ4n) is 6.43. The SMILES string of the molecule is CN(C)c1cc(CNCC(C)(C)C)c(O)c2c1C[C@H]1C[C@@H]3[C@@](O)(C(=O)C(C(N)=O)=C(O)[C@@]3(O)N(C)C)C(=O)C1=C2O. The number of phenols is 1. The number of aromatic hydroxyl groups is 1. The number of fused-ring (bicyclic) bond motifs is 3. The molecule has 1 aromatic carbocycles. The number of rotatable bonds is 6.